The van der Waals surface area contributed by atoms with E-state index in [1.807, 2.05) is 18.2 Å². The molecular weight excluding hydrogens is 290 g/mol. The van der Waals surface area contributed by atoms with Crippen LogP contribution in [0.25, 0.3) is 0 Å². The molecule has 0 aliphatic carbocycles. The molecule has 5 nitrogen and oxygen atoms in total. The Labute approximate surface area is 138 Å². The fourth-order valence-corrected chi connectivity index (χ4v) is 3.35. The summed E-state index contributed by atoms with van der Waals surface area (Å²) in [5.41, 5.74) is 1.15. The standard InChI is InChI=1S/C18H27N3O2/c1-12-6-4-5-7-16(12)22-13(2)11-20-18(19-3)21-15-10-14-8-9-17(15)23-14/h4-7,13-15,17H,8-11H2,1-3H3,(H2,19,20,21). The van der Waals surface area contributed by atoms with Gasteiger partial charge in [0.05, 0.1) is 24.8 Å². The zero-order valence-electron chi connectivity index (χ0n) is 14.2. The van der Waals surface area contributed by atoms with Gasteiger partial charge < -0.3 is 20.1 Å². The molecule has 0 spiro atoms. The molecule has 126 valence electrons. The number of hydrogen-bond acceptors (Lipinski definition) is 3. The van der Waals surface area contributed by atoms with Gasteiger partial charge >= 0.3 is 0 Å². The van der Waals surface area contributed by atoms with Crippen molar-refractivity contribution in [2.45, 2.75) is 57.5 Å². The molecule has 23 heavy (non-hydrogen) atoms. The highest BCUT2D eigenvalue weighted by Crippen LogP contribution is 2.34. The molecule has 4 unspecified atom stereocenters. The van der Waals surface area contributed by atoms with Gasteiger partial charge in [-0.15, -0.1) is 0 Å². The number of rotatable bonds is 5. The Hall–Kier alpha value is -1.75. The van der Waals surface area contributed by atoms with Crippen LogP contribution in [0.3, 0.4) is 0 Å². The maximum atomic E-state index is 5.99. The third-order valence-electron chi connectivity index (χ3n) is 4.63. The molecule has 5 heteroatoms. The molecule has 2 aliphatic heterocycles. The molecule has 2 bridgehead atoms. The van der Waals surface area contributed by atoms with Crippen LogP contribution in [0.15, 0.2) is 29.3 Å². The summed E-state index contributed by atoms with van der Waals surface area (Å²) in [6.45, 7) is 4.83. The Bertz CT molecular complexity index is 561. The van der Waals surface area contributed by atoms with E-state index in [4.69, 9.17) is 9.47 Å². The normalized spacial score (nSPS) is 27.8. The van der Waals surface area contributed by atoms with Crippen molar-refractivity contribution in [2.24, 2.45) is 4.99 Å². The van der Waals surface area contributed by atoms with Gasteiger partial charge in [0, 0.05) is 7.05 Å². The van der Waals surface area contributed by atoms with Gasteiger partial charge in [0.2, 0.25) is 0 Å². The van der Waals surface area contributed by atoms with Gasteiger partial charge in [-0.25, -0.2) is 0 Å². The second-order valence-corrected chi connectivity index (χ2v) is 6.51. The lowest BCUT2D eigenvalue weighted by atomic mass is 9.96. The fourth-order valence-electron chi connectivity index (χ4n) is 3.35. The number of fused-ring (bicyclic) bond motifs is 2. The molecule has 0 amide bonds. The second kappa shape index (κ2) is 7.21. The summed E-state index contributed by atoms with van der Waals surface area (Å²) in [6.07, 6.45) is 4.30. The molecular formula is C18H27N3O2. The first kappa shape index (κ1) is 16.1. The topological polar surface area (TPSA) is 54.9 Å². The van der Waals surface area contributed by atoms with E-state index >= 15 is 0 Å². The average molecular weight is 317 g/mol. The molecule has 2 N–H and O–H groups in total. The number of aliphatic imine (C=N–C) groups is 1. The van der Waals surface area contributed by atoms with Gasteiger partial charge in [-0.05, 0) is 44.7 Å². The van der Waals surface area contributed by atoms with Crippen LogP contribution in [0.1, 0.15) is 31.7 Å². The Morgan fingerprint density at radius 1 is 1.39 bits per heavy atom. The summed E-state index contributed by atoms with van der Waals surface area (Å²) >= 11 is 0. The van der Waals surface area contributed by atoms with Crippen LogP contribution >= 0.6 is 0 Å². The second-order valence-electron chi connectivity index (χ2n) is 6.51. The highest BCUT2D eigenvalue weighted by atomic mass is 16.5. The molecule has 0 radical (unpaired) electrons. The quantitative estimate of drug-likeness (QED) is 0.646. The third-order valence-corrected chi connectivity index (χ3v) is 4.63. The van der Waals surface area contributed by atoms with Crippen LogP contribution in [-0.2, 0) is 4.74 Å². The van der Waals surface area contributed by atoms with Crippen LogP contribution in [0.2, 0.25) is 0 Å². The molecule has 0 saturated carbocycles. The molecule has 1 aromatic carbocycles. The molecule has 0 aromatic heterocycles. The number of ether oxygens (including phenoxy) is 2. The average Bonchev–Trinajstić information content (AvgIpc) is 3.16. The lowest BCUT2D eigenvalue weighted by molar-refractivity contribution is 0.0992. The van der Waals surface area contributed by atoms with Gasteiger partial charge in [0.25, 0.3) is 0 Å². The number of hydrogen-bond donors (Lipinski definition) is 2. The van der Waals surface area contributed by atoms with Crippen molar-refractivity contribution >= 4 is 5.96 Å². The van der Waals surface area contributed by atoms with Gasteiger partial charge in [-0.3, -0.25) is 4.99 Å². The minimum Gasteiger partial charge on any atom is -0.489 e. The van der Waals surface area contributed by atoms with E-state index in [1.54, 1.807) is 7.05 Å². The third kappa shape index (κ3) is 3.96. The lowest BCUT2D eigenvalue weighted by Gasteiger charge is -2.24. The van der Waals surface area contributed by atoms with Gasteiger partial charge in [-0.1, -0.05) is 18.2 Å². The summed E-state index contributed by atoms with van der Waals surface area (Å²) in [6, 6.07) is 8.47. The summed E-state index contributed by atoms with van der Waals surface area (Å²) in [5.74, 6) is 1.76. The highest BCUT2D eigenvalue weighted by Gasteiger charge is 2.41. The van der Waals surface area contributed by atoms with Crippen molar-refractivity contribution < 1.29 is 9.47 Å². The fraction of sp³-hybridized carbons (Fsp3) is 0.611. The molecule has 2 saturated heterocycles. The van der Waals surface area contributed by atoms with Crippen LogP contribution in [0, 0.1) is 6.92 Å². The number of para-hydroxylation sites is 1. The van der Waals surface area contributed by atoms with E-state index in [-0.39, 0.29) is 6.10 Å². The van der Waals surface area contributed by atoms with E-state index in [9.17, 15) is 0 Å². The number of aryl methyl sites for hydroxylation is 1. The van der Waals surface area contributed by atoms with E-state index < -0.39 is 0 Å². The Morgan fingerprint density at radius 2 is 2.22 bits per heavy atom. The van der Waals surface area contributed by atoms with Crippen molar-refractivity contribution in [1.82, 2.24) is 10.6 Å². The molecule has 4 atom stereocenters. The predicted octanol–water partition coefficient (Wildman–Crippen LogP) is 2.25. The first-order chi connectivity index (χ1) is 11.2. The Balaban J connectivity index is 1.45. The SMILES string of the molecule is CN=C(NCC(C)Oc1ccccc1C)NC1CC2CCC1O2. The number of guanidine groups is 1. The van der Waals surface area contributed by atoms with Crippen molar-refractivity contribution in [1.29, 1.82) is 0 Å². The smallest absolute Gasteiger partial charge is 0.191 e. The van der Waals surface area contributed by atoms with Crippen molar-refractivity contribution in [3.63, 3.8) is 0 Å². The van der Waals surface area contributed by atoms with E-state index in [1.165, 1.54) is 6.42 Å². The van der Waals surface area contributed by atoms with Crippen molar-refractivity contribution in [3.05, 3.63) is 29.8 Å². The van der Waals surface area contributed by atoms with Crippen LogP contribution in [-0.4, -0.2) is 43.9 Å². The number of benzene rings is 1. The van der Waals surface area contributed by atoms with Crippen molar-refractivity contribution in [2.75, 3.05) is 13.6 Å². The first-order valence-electron chi connectivity index (χ1n) is 8.50. The van der Waals surface area contributed by atoms with Gasteiger partial charge in [0.15, 0.2) is 5.96 Å². The molecule has 2 aliphatic rings. The summed E-state index contributed by atoms with van der Waals surface area (Å²) < 4.78 is 11.9. The van der Waals surface area contributed by atoms with E-state index in [2.05, 4.69) is 35.5 Å². The van der Waals surface area contributed by atoms with Crippen LogP contribution in [0.4, 0.5) is 0 Å². The zero-order chi connectivity index (χ0) is 16.2. The van der Waals surface area contributed by atoms with Crippen LogP contribution in [0.5, 0.6) is 5.75 Å². The zero-order valence-corrected chi connectivity index (χ0v) is 14.2. The largest absolute Gasteiger partial charge is 0.489 e. The Morgan fingerprint density at radius 3 is 2.87 bits per heavy atom. The van der Waals surface area contributed by atoms with Gasteiger partial charge in [0.1, 0.15) is 11.9 Å². The number of nitrogens with one attached hydrogen (secondary N) is 2. The van der Waals surface area contributed by atoms with Crippen molar-refractivity contribution in [3.8, 4) is 5.75 Å². The summed E-state index contributed by atoms with van der Waals surface area (Å²) in [5, 5.41) is 6.84. The molecule has 3 rings (SSSR count). The lowest BCUT2D eigenvalue weighted by Crippen LogP contribution is -2.49. The minimum absolute atomic E-state index is 0.0610. The Kier molecular flexibility index (Phi) is 5.06. The highest BCUT2D eigenvalue weighted by molar-refractivity contribution is 5.80. The predicted molar refractivity (Wildman–Crippen MR) is 92.1 cm³/mol. The first-order valence-corrected chi connectivity index (χ1v) is 8.50. The van der Waals surface area contributed by atoms with Crippen LogP contribution < -0.4 is 15.4 Å². The van der Waals surface area contributed by atoms with Gasteiger partial charge in [-0.2, -0.15) is 0 Å². The molecule has 2 heterocycles. The maximum Gasteiger partial charge on any atom is 0.191 e. The maximum absolute atomic E-state index is 5.99. The summed E-state index contributed by atoms with van der Waals surface area (Å²) in [4.78, 5) is 4.31. The monoisotopic (exact) mass is 317 g/mol. The molecule has 2 fully saturated rings. The van der Waals surface area contributed by atoms with E-state index in [0.29, 0.717) is 24.8 Å². The summed E-state index contributed by atoms with van der Waals surface area (Å²) in [7, 11) is 1.80. The number of nitrogens with zero attached hydrogens (tertiary/aromatic N) is 1. The molecule has 1 aromatic rings. The van der Waals surface area contributed by atoms with E-state index in [0.717, 1.165) is 30.1 Å². The minimum atomic E-state index is 0.0610.